The van der Waals surface area contributed by atoms with E-state index in [1.807, 2.05) is 24.3 Å². The highest BCUT2D eigenvalue weighted by molar-refractivity contribution is 7.84. The van der Waals surface area contributed by atoms with Gasteiger partial charge in [0.15, 0.2) is 0 Å². The zero-order valence-electron chi connectivity index (χ0n) is 13.6. The summed E-state index contributed by atoms with van der Waals surface area (Å²) in [4.78, 5) is 11.8. The summed E-state index contributed by atoms with van der Waals surface area (Å²) >= 11 is 0. The van der Waals surface area contributed by atoms with Gasteiger partial charge >= 0.3 is 6.03 Å². The molecule has 0 saturated heterocycles. The molecule has 0 heterocycles. The van der Waals surface area contributed by atoms with Crippen LogP contribution in [0, 0.1) is 5.92 Å². The Morgan fingerprint density at radius 2 is 2.14 bits per heavy atom. The normalized spacial score (nSPS) is 12.2. The SMILES string of the molecule is COCCS(=O)Cc1cccc(NC(=O)NCCC(C)C)c1. The molecule has 0 aliphatic carbocycles. The summed E-state index contributed by atoms with van der Waals surface area (Å²) in [5.74, 6) is 1.54. The van der Waals surface area contributed by atoms with E-state index in [4.69, 9.17) is 4.74 Å². The number of benzene rings is 1. The quantitative estimate of drug-likeness (QED) is 0.733. The molecule has 0 radical (unpaired) electrons. The van der Waals surface area contributed by atoms with E-state index in [-0.39, 0.29) is 6.03 Å². The van der Waals surface area contributed by atoms with Gasteiger partial charge in [0.2, 0.25) is 0 Å². The summed E-state index contributed by atoms with van der Waals surface area (Å²) in [6.07, 6.45) is 0.950. The molecule has 0 fully saturated rings. The third kappa shape index (κ3) is 8.14. The molecule has 0 saturated carbocycles. The van der Waals surface area contributed by atoms with Crippen LogP contribution in [0.4, 0.5) is 10.5 Å². The van der Waals surface area contributed by atoms with Gasteiger partial charge in [-0.15, -0.1) is 0 Å². The van der Waals surface area contributed by atoms with Crippen molar-refractivity contribution in [1.29, 1.82) is 0 Å². The van der Waals surface area contributed by atoms with Crippen molar-refractivity contribution in [1.82, 2.24) is 5.32 Å². The Labute approximate surface area is 135 Å². The summed E-state index contributed by atoms with van der Waals surface area (Å²) < 4.78 is 16.8. The highest BCUT2D eigenvalue weighted by Gasteiger charge is 2.05. The summed E-state index contributed by atoms with van der Waals surface area (Å²) in [5.41, 5.74) is 1.65. The molecule has 1 unspecified atom stereocenters. The minimum absolute atomic E-state index is 0.210. The van der Waals surface area contributed by atoms with Gasteiger partial charge < -0.3 is 15.4 Å². The lowest BCUT2D eigenvalue weighted by molar-refractivity contribution is 0.218. The van der Waals surface area contributed by atoms with Crippen molar-refractivity contribution in [3.8, 4) is 0 Å². The van der Waals surface area contributed by atoms with E-state index in [0.717, 1.165) is 12.0 Å². The Morgan fingerprint density at radius 1 is 1.36 bits per heavy atom. The van der Waals surface area contributed by atoms with E-state index in [1.54, 1.807) is 7.11 Å². The summed E-state index contributed by atoms with van der Waals surface area (Å²) in [6.45, 7) is 5.38. The van der Waals surface area contributed by atoms with Gasteiger partial charge in [0.05, 0.1) is 6.61 Å². The van der Waals surface area contributed by atoms with Crippen LogP contribution >= 0.6 is 0 Å². The highest BCUT2D eigenvalue weighted by Crippen LogP contribution is 2.12. The van der Waals surface area contributed by atoms with E-state index in [1.165, 1.54) is 0 Å². The fourth-order valence-electron chi connectivity index (χ4n) is 1.82. The maximum absolute atomic E-state index is 11.8. The summed E-state index contributed by atoms with van der Waals surface area (Å²) in [6, 6.07) is 7.23. The molecule has 0 aromatic heterocycles. The monoisotopic (exact) mass is 326 g/mol. The van der Waals surface area contributed by atoms with Crippen LogP contribution in [0.2, 0.25) is 0 Å². The number of urea groups is 1. The van der Waals surface area contributed by atoms with Crippen LogP contribution in [0.3, 0.4) is 0 Å². The lowest BCUT2D eigenvalue weighted by atomic mass is 10.1. The first-order valence-electron chi connectivity index (χ1n) is 7.49. The van der Waals surface area contributed by atoms with Gasteiger partial charge in [-0.05, 0) is 30.0 Å². The number of amides is 2. The molecule has 0 aliphatic rings. The van der Waals surface area contributed by atoms with Crippen LogP contribution in [0.5, 0.6) is 0 Å². The van der Waals surface area contributed by atoms with Gasteiger partial charge in [-0.2, -0.15) is 0 Å². The molecule has 5 nitrogen and oxygen atoms in total. The molecule has 22 heavy (non-hydrogen) atoms. The van der Waals surface area contributed by atoms with Crippen molar-refractivity contribution in [3.05, 3.63) is 29.8 Å². The molecule has 1 atom stereocenters. The van der Waals surface area contributed by atoms with Crippen LogP contribution in [-0.4, -0.2) is 36.3 Å². The molecule has 1 aromatic carbocycles. The largest absolute Gasteiger partial charge is 0.384 e. The molecule has 124 valence electrons. The van der Waals surface area contributed by atoms with E-state index >= 15 is 0 Å². The number of carbonyl (C=O) groups is 1. The molecular formula is C16H26N2O3S. The van der Waals surface area contributed by atoms with Crippen LogP contribution in [0.1, 0.15) is 25.8 Å². The Hall–Kier alpha value is -1.40. The molecule has 2 N–H and O–H groups in total. The zero-order chi connectivity index (χ0) is 16.4. The van der Waals surface area contributed by atoms with Gasteiger partial charge in [0.1, 0.15) is 0 Å². The van der Waals surface area contributed by atoms with Crippen molar-refractivity contribution >= 4 is 22.5 Å². The first-order chi connectivity index (χ1) is 10.5. The summed E-state index contributed by atoms with van der Waals surface area (Å²) in [7, 11) is 0.642. The molecule has 1 rings (SSSR count). The first-order valence-corrected chi connectivity index (χ1v) is 8.97. The molecule has 2 amide bonds. The standard InChI is InChI=1S/C16H26N2O3S/c1-13(2)7-8-17-16(19)18-15-6-4-5-14(11-15)12-22(20)10-9-21-3/h4-6,11,13H,7-10,12H2,1-3H3,(H2,17,18,19). The molecule has 0 aliphatic heterocycles. The number of ether oxygens (including phenoxy) is 1. The predicted molar refractivity (Wildman–Crippen MR) is 91.5 cm³/mol. The number of carbonyl (C=O) groups excluding carboxylic acids is 1. The number of hydrogen-bond acceptors (Lipinski definition) is 3. The Bertz CT molecular complexity index is 492. The maximum atomic E-state index is 11.8. The van der Waals surface area contributed by atoms with E-state index < -0.39 is 10.8 Å². The second-order valence-corrected chi connectivity index (χ2v) is 7.12. The molecule has 0 bridgehead atoms. The minimum Gasteiger partial charge on any atom is -0.384 e. The van der Waals surface area contributed by atoms with Gasteiger partial charge in [-0.3, -0.25) is 4.21 Å². The molecule has 6 heteroatoms. The highest BCUT2D eigenvalue weighted by atomic mass is 32.2. The minimum atomic E-state index is -0.955. The van der Waals surface area contributed by atoms with Crippen LogP contribution in [-0.2, 0) is 21.3 Å². The van der Waals surface area contributed by atoms with Crippen molar-refractivity contribution in [2.45, 2.75) is 26.0 Å². The van der Waals surface area contributed by atoms with E-state index in [2.05, 4.69) is 24.5 Å². The number of methoxy groups -OCH3 is 1. The van der Waals surface area contributed by atoms with Gasteiger partial charge in [0.25, 0.3) is 0 Å². The fourth-order valence-corrected chi connectivity index (χ4v) is 2.87. The second kappa shape index (κ2) is 10.3. The second-order valence-electron chi connectivity index (χ2n) is 5.54. The number of rotatable bonds is 9. The van der Waals surface area contributed by atoms with Crippen molar-refractivity contribution in [2.75, 3.05) is 31.3 Å². The van der Waals surface area contributed by atoms with E-state index in [0.29, 0.717) is 36.3 Å². The van der Waals surface area contributed by atoms with Crippen molar-refractivity contribution < 1.29 is 13.7 Å². The van der Waals surface area contributed by atoms with E-state index in [9.17, 15) is 9.00 Å². The predicted octanol–water partition coefficient (Wildman–Crippen LogP) is 2.75. The van der Waals surface area contributed by atoms with Crippen LogP contribution in [0.15, 0.2) is 24.3 Å². The average Bonchev–Trinajstić information content (AvgIpc) is 2.45. The lowest BCUT2D eigenvalue weighted by Gasteiger charge is -2.10. The average molecular weight is 326 g/mol. The lowest BCUT2D eigenvalue weighted by Crippen LogP contribution is -2.30. The Morgan fingerprint density at radius 3 is 2.82 bits per heavy atom. The smallest absolute Gasteiger partial charge is 0.319 e. The Kier molecular flexibility index (Phi) is 8.77. The zero-order valence-corrected chi connectivity index (χ0v) is 14.4. The molecule has 0 spiro atoms. The maximum Gasteiger partial charge on any atom is 0.319 e. The molecule has 1 aromatic rings. The third-order valence-corrected chi connectivity index (χ3v) is 4.31. The molecular weight excluding hydrogens is 300 g/mol. The van der Waals surface area contributed by atoms with Crippen molar-refractivity contribution in [2.24, 2.45) is 5.92 Å². The van der Waals surface area contributed by atoms with Crippen molar-refractivity contribution in [3.63, 3.8) is 0 Å². The van der Waals surface area contributed by atoms with Crippen LogP contribution < -0.4 is 10.6 Å². The van der Waals surface area contributed by atoms with Gasteiger partial charge in [-0.1, -0.05) is 26.0 Å². The number of anilines is 1. The third-order valence-electron chi connectivity index (χ3n) is 3.03. The number of nitrogens with one attached hydrogen (secondary N) is 2. The van der Waals surface area contributed by atoms with Gasteiger partial charge in [0, 0.05) is 41.6 Å². The fraction of sp³-hybridized carbons (Fsp3) is 0.562. The summed E-state index contributed by atoms with van der Waals surface area (Å²) in [5, 5.41) is 5.62. The topological polar surface area (TPSA) is 67.4 Å². The Balaban J connectivity index is 2.46. The first kappa shape index (κ1) is 18.6. The van der Waals surface area contributed by atoms with Crippen LogP contribution in [0.25, 0.3) is 0 Å². The number of hydrogen-bond donors (Lipinski definition) is 2. The van der Waals surface area contributed by atoms with Gasteiger partial charge in [-0.25, -0.2) is 4.79 Å².